The lowest BCUT2D eigenvalue weighted by atomic mass is 10.2. The molecule has 0 amide bonds. The molecule has 128 valence electrons. The topological polar surface area (TPSA) is 46.6 Å². The summed E-state index contributed by atoms with van der Waals surface area (Å²) in [5.41, 5.74) is 0.662. The van der Waals surface area contributed by atoms with Crippen molar-refractivity contribution in [2.24, 2.45) is 5.92 Å². The lowest BCUT2D eigenvalue weighted by molar-refractivity contribution is 0.415. The fraction of sp³-hybridized carbons (Fsp3) is 0.333. The van der Waals surface area contributed by atoms with Crippen LogP contribution in [0.5, 0.6) is 5.75 Å². The standard InChI is InChI=1S/C18H20BrNO3S/c1-13(14-6-7-14)20(16-8-10-17(23-2)11-9-16)24(21,22)18-5-3-4-15(19)12-18/h3-5,8-14H,6-7H2,1-2H3. The highest BCUT2D eigenvalue weighted by atomic mass is 79.9. The minimum atomic E-state index is -3.64. The Kier molecular flexibility index (Phi) is 4.88. The Hall–Kier alpha value is -1.53. The smallest absolute Gasteiger partial charge is 0.264 e. The molecule has 6 heteroatoms. The van der Waals surface area contributed by atoms with Crippen molar-refractivity contribution in [1.29, 1.82) is 0 Å². The first-order chi connectivity index (χ1) is 11.4. The molecule has 0 aromatic heterocycles. The van der Waals surface area contributed by atoms with Crippen molar-refractivity contribution in [1.82, 2.24) is 0 Å². The zero-order valence-electron chi connectivity index (χ0n) is 13.6. The van der Waals surface area contributed by atoms with Gasteiger partial charge in [-0.1, -0.05) is 22.0 Å². The van der Waals surface area contributed by atoms with Gasteiger partial charge in [0.15, 0.2) is 0 Å². The van der Waals surface area contributed by atoms with E-state index in [1.54, 1.807) is 53.9 Å². The molecule has 2 aromatic carbocycles. The van der Waals surface area contributed by atoms with Crippen LogP contribution in [0.3, 0.4) is 0 Å². The summed E-state index contributed by atoms with van der Waals surface area (Å²) in [5, 5.41) is 0. The Bertz CT molecular complexity index is 816. The molecule has 1 aliphatic rings. The molecule has 0 N–H and O–H groups in total. The molecule has 0 radical (unpaired) electrons. The predicted molar refractivity (Wildman–Crippen MR) is 99.0 cm³/mol. The van der Waals surface area contributed by atoms with Crippen molar-refractivity contribution in [3.8, 4) is 5.75 Å². The van der Waals surface area contributed by atoms with E-state index in [0.29, 0.717) is 22.3 Å². The van der Waals surface area contributed by atoms with Crippen LogP contribution in [0.2, 0.25) is 0 Å². The van der Waals surface area contributed by atoms with Gasteiger partial charge in [-0.15, -0.1) is 0 Å². The van der Waals surface area contributed by atoms with E-state index in [1.807, 2.05) is 13.0 Å². The van der Waals surface area contributed by atoms with E-state index >= 15 is 0 Å². The summed E-state index contributed by atoms with van der Waals surface area (Å²) in [7, 11) is -2.04. The van der Waals surface area contributed by atoms with E-state index in [2.05, 4.69) is 15.9 Å². The van der Waals surface area contributed by atoms with Crippen LogP contribution in [0, 0.1) is 5.92 Å². The summed E-state index contributed by atoms with van der Waals surface area (Å²) in [4.78, 5) is 0.292. The Morgan fingerprint density at radius 2 is 1.83 bits per heavy atom. The van der Waals surface area contributed by atoms with Crippen molar-refractivity contribution in [3.63, 3.8) is 0 Å². The number of nitrogens with zero attached hydrogens (tertiary/aromatic N) is 1. The van der Waals surface area contributed by atoms with Gasteiger partial charge in [0.05, 0.1) is 17.7 Å². The first-order valence-electron chi connectivity index (χ1n) is 7.87. The number of methoxy groups -OCH3 is 1. The summed E-state index contributed by atoms with van der Waals surface area (Å²) >= 11 is 3.36. The minimum absolute atomic E-state index is 0.0811. The van der Waals surface area contributed by atoms with Crippen LogP contribution in [0.4, 0.5) is 5.69 Å². The van der Waals surface area contributed by atoms with Crippen LogP contribution in [0.1, 0.15) is 19.8 Å². The lowest BCUT2D eigenvalue weighted by Crippen LogP contribution is -2.40. The lowest BCUT2D eigenvalue weighted by Gasteiger charge is -2.31. The highest BCUT2D eigenvalue weighted by molar-refractivity contribution is 9.10. The van der Waals surface area contributed by atoms with Crippen LogP contribution in [0.25, 0.3) is 0 Å². The highest BCUT2D eigenvalue weighted by Gasteiger charge is 2.38. The van der Waals surface area contributed by atoms with Crippen molar-refractivity contribution < 1.29 is 13.2 Å². The molecule has 0 spiro atoms. The van der Waals surface area contributed by atoms with E-state index < -0.39 is 10.0 Å². The second-order valence-electron chi connectivity index (χ2n) is 6.03. The number of rotatable bonds is 6. The number of ether oxygens (including phenoxy) is 1. The maximum atomic E-state index is 13.3. The average molecular weight is 410 g/mol. The van der Waals surface area contributed by atoms with E-state index in [-0.39, 0.29) is 6.04 Å². The van der Waals surface area contributed by atoms with Gasteiger partial charge in [0, 0.05) is 10.5 Å². The van der Waals surface area contributed by atoms with Crippen molar-refractivity contribution in [3.05, 3.63) is 53.0 Å². The number of benzene rings is 2. The summed E-state index contributed by atoms with van der Waals surface area (Å²) < 4.78 is 34.1. The Balaban J connectivity index is 2.06. The quantitative estimate of drug-likeness (QED) is 0.707. The van der Waals surface area contributed by atoms with Gasteiger partial charge >= 0.3 is 0 Å². The minimum Gasteiger partial charge on any atom is -0.497 e. The molecule has 1 aliphatic carbocycles. The molecule has 1 saturated carbocycles. The van der Waals surface area contributed by atoms with E-state index in [0.717, 1.165) is 17.3 Å². The first kappa shape index (κ1) is 17.3. The maximum Gasteiger partial charge on any atom is 0.264 e. The fourth-order valence-corrected chi connectivity index (χ4v) is 5.15. The molecule has 1 atom stereocenters. The van der Waals surface area contributed by atoms with Gasteiger partial charge in [-0.05, 0) is 68.1 Å². The molecule has 0 bridgehead atoms. The molecular weight excluding hydrogens is 390 g/mol. The van der Waals surface area contributed by atoms with Crippen LogP contribution >= 0.6 is 15.9 Å². The molecule has 4 nitrogen and oxygen atoms in total. The summed E-state index contributed by atoms with van der Waals surface area (Å²) in [5.74, 6) is 1.12. The van der Waals surface area contributed by atoms with Gasteiger partial charge in [-0.2, -0.15) is 0 Å². The van der Waals surface area contributed by atoms with Gasteiger partial charge in [0.2, 0.25) is 0 Å². The van der Waals surface area contributed by atoms with Crippen LogP contribution < -0.4 is 9.04 Å². The second-order valence-corrected chi connectivity index (χ2v) is 8.76. The van der Waals surface area contributed by atoms with Gasteiger partial charge in [-0.25, -0.2) is 8.42 Å². The van der Waals surface area contributed by atoms with E-state index in [9.17, 15) is 8.42 Å². The Labute approximate surface area is 151 Å². The summed E-state index contributed by atoms with van der Waals surface area (Å²) in [6, 6.07) is 13.9. The third-order valence-corrected chi connectivity index (χ3v) is 6.76. The molecule has 1 unspecified atom stereocenters. The van der Waals surface area contributed by atoms with Gasteiger partial charge in [0.25, 0.3) is 10.0 Å². The number of hydrogen-bond acceptors (Lipinski definition) is 3. The highest BCUT2D eigenvalue weighted by Crippen LogP contribution is 2.39. The monoisotopic (exact) mass is 409 g/mol. The number of anilines is 1. The average Bonchev–Trinajstić information content (AvgIpc) is 3.40. The molecule has 1 fully saturated rings. The second kappa shape index (κ2) is 6.76. The van der Waals surface area contributed by atoms with E-state index in [1.165, 1.54) is 0 Å². The van der Waals surface area contributed by atoms with Crippen molar-refractivity contribution in [2.75, 3.05) is 11.4 Å². The SMILES string of the molecule is COc1ccc(N(C(C)C2CC2)S(=O)(=O)c2cccc(Br)c2)cc1. The first-order valence-corrected chi connectivity index (χ1v) is 10.1. The molecule has 24 heavy (non-hydrogen) atoms. The van der Waals surface area contributed by atoms with Crippen LogP contribution in [-0.4, -0.2) is 21.6 Å². The molecule has 0 heterocycles. The van der Waals surface area contributed by atoms with Crippen molar-refractivity contribution >= 4 is 31.6 Å². The van der Waals surface area contributed by atoms with Gasteiger partial charge < -0.3 is 4.74 Å². The molecule has 0 aliphatic heterocycles. The van der Waals surface area contributed by atoms with Gasteiger partial charge in [0.1, 0.15) is 5.75 Å². The Morgan fingerprint density at radius 1 is 1.17 bits per heavy atom. The van der Waals surface area contributed by atoms with Gasteiger partial charge in [-0.3, -0.25) is 4.31 Å². The molecule has 2 aromatic rings. The number of halogens is 1. The third kappa shape index (κ3) is 3.44. The maximum absolute atomic E-state index is 13.3. The molecule has 3 rings (SSSR count). The van der Waals surface area contributed by atoms with E-state index in [4.69, 9.17) is 4.74 Å². The predicted octanol–water partition coefficient (Wildman–Crippen LogP) is 4.45. The normalized spacial score (nSPS) is 15.8. The largest absolute Gasteiger partial charge is 0.497 e. The van der Waals surface area contributed by atoms with Crippen molar-refractivity contribution in [2.45, 2.75) is 30.7 Å². The zero-order chi connectivity index (χ0) is 17.3. The van der Waals surface area contributed by atoms with Crippen LogP contribution in [0.15, 0.2) is 57.9 Å². The number of hydrogen-bond donors (Lipinski definition) is 0. The molecular formula is C18H20BrNO3S. The molecule has 0 saturated heterocycles. The van der Waals surface area contributed by atoms with Crippen LogP contribution in [-0.2, 0) is 10.0 Å². The Morgan fingerprint density at radius 3 is 2.38 bits per heavy atom. The summed E-state index contributed by atoms with van der Waals surface area (Å²) in [6.45, 7) is 1.98. The summed E-state index contributed by atoms with van der Waals surface area (Å²) in [6.07, 6.45) is 2.14. The zero-order valence-corrected chi connectivity index (χ0v) is 16.0. The number of sulfonamides is 1. The third-order valence-electron chi connectivity index (χ3n) is 4.35. The fourth-order valence-electron chi connectivity index (χ4n) is 2.83.